The summed E-state index contributed by atoms with van der Waals surface area (Å²) in [6, 6.07) is 7.74. The minimum atomic E-state index is -4.87. The number of aliphatic carboxylic acids is 1. The number of likely N-dealkylation sites (tertiary alicyclic amines) is 1. The zero-order valence-electron chi connectivity index (χ0n) is 20.5. The number of halogens is 5. The minimum absolute atomic E-state index is 0.0277. The lowest BCUT2D eigenvalue weighted by molar-refractivity contribution is -0.144. The fraction of sp³-hybridized carbons (Fsp3) is 0.320. The topological polar surface area (TPSA) is 130 Å². The molecule has 1 fully saturated rings. The Morgan fingerprint density at radius 1 is 1.20 bits per heavy atom. The normalized spacial score (nSPS) is 17.2. The highest BCUT2D eigenvalue weighted by atomic mass is 35.5. The number of hydrogen-bond donors (Lipinski definition) is 2. The summed E-state index contributed by atoms with van der Waals surface area (Å²) in [7, 11) is 0. The van der Waals surface area contributed by atoms with Gasteiger partial charge in [-0.15, -0.1) is 0 Å². The number of pyridine rings is 1. The maximum absolute atomic E-state index is 14.1. The molecule has 0 amide bonds. The van der Waals surface area contributed by atoms with E-state index in [4.69, 9.17) is 27.7 Å². The molecule has 40 heavy (non-hydrogen) atoms. The summed E-state index contributed by atoms with van der Waals surface area (Å²) in [5.41, 5.74) is -0.649. The van der Waals surface area contributed by atoms with Crippen LogP contribution in [-0.2, 0) is 11.0 Å². The van der Waals surface area contributed by atoms with E-state index >= 15 is 0 Å². The van der Waals surface area contributed by atoms with Crippen molar-refractivity contribution < 1.29 is 32.7 Å². The van der Waals surface area contributed by atoms with Crippen LogP contribution in [0.15, 0.2) is 47.2 Å². The van der Waals surface area contributed by atoms with Crippen LogP contribution < -0.4 is 0 Å². The monoisotopic (exact) mass is 596 g/mol. The Bertz CT molecular complexity index is 1530. The van der Waals surface area contributed by atoms with Gasteiger partial charge in [0, 0.05) is 24.8 Å². The first-order valence-corrected chi connectivity index (χ1v) is 12.8. The summed E-state index contributed by atoms with van der Waals surface area (Å²) in [5, 5.41) is 27.6. The average molecular weight is 597 g/mol. The molecule has 1 aliphatic heterocycles. The van der Waals surface area contributed by atoms with Crippen molar-refractivity contribution in [2.75, 3.05) is 19.6 Å². The van der Waals surface area contributed by atoms with E-state index < -0.39 is 41.3 Å². The molecule has 10 nitrogen and oxygen atoms in total. The number of rotatable bonds is 7. The van der Waals surface area contributed by atoms with E-state index in [0.29, 0.717) is 35.3 Å². The number of piperidine rings is 1. The Labute approximate surface area is 235 Å². The van der Waals surface area contributed by atoms with E-state index in [0.717, 1.165) is 18.8 Å². The molecule has 4 aromatic rings. The Morgan fingerprint density at radius 3 is 2.62 bits per heavy atom. The molecule has 15 heteroatoms. The summed E-state index contributed by atoms with van der Waals surface area (Å²) in [5.74, 6) is -1.97. The van der Waals surface area contributed by atoms with Crippen LogP contribution in [0.1, 0.15) is 30.2 Å². The first kappa shape index (κ1) is 28.0. The Balaban J connectivity index is 1.36. The van der Waals surface area contributed by atoms with Gasteiger partial charge >= 0.3 is 12.1 Å². The Hall–Kier alpha value is -3.52. The second-order valence-corrected chi connectivity index (χ2v) is 10.1. The van der Waals surface area contributed by atoms with E-state index in [-0.39, 0.29) is 28.2 Å². The lowest BCUT2D eigenvalue weighted by Crippen LogP contribution is -2.40. The lowest BCUT2D eigenvalue weighted by atomic mass is 9.97. The van der Waals surface area contributed by atoms with Crippen molar-refractivity contribution >= 4 is 29.2 Å². The van der Waals surface area contributed by atoms with E-state index in [1.165, 1.54) is 6.07 Å². The molecule has 210 valence electrons. The number of carboxylic acids is 1. The number of aromatic nitrogens is 5. The molecule has 3 aromatic heterocycles. The number of carboxylic acid groups (broad SMARTS) is 1. The summed E-state index contributed by atoms with van der Waals surface area (Å²) in [4.78, 5) is 21.2. The molecule has 4 heterocycles. The van der Waals surface area contributed by atoms with Gasteiger partial charge in [-0.2, -0.15) is 23.3 Å². The number of nitrogens with zero attached hydrogens (tertiary/aromatic N) is 6. The molecule has 0 spiro atoms. The first-order valence-electron chi connectivity index (χ1n) is 12.1. The molecule has 5 rings (SSSR count). The highest BCUT2D eigenvalue weighted by Gasteiger charge is 2.41. The summed E-state index contributed by atoms with van der Waals surface area (Å²) in [6.07, 6.45) is -2.31. The van der Waals surface area contributed by atoms with Crippen molar-refractivity contribution in [1.82, 2.24) is 29.8 Å². The maximum atomic E-state index is 14.1. The van der Waals surface area contributed by atoms with Crippen molar-refractivity contribution in [3.05, 3.63) is 64.0 Å². The molecule has 1 saturated heterocycles. The number of aliphatic hydroxyl groups is 1. The van der Waals surface area contributed by atoms with Crippen LogP contribution in [0.3, 0.4) is 0 Å². The quantitative estimate of drug-likeness (QED) is 0.298. The van der Waals surface area contributed by atoms with Gasteiger partial charge in [-0.3, -0.25) is 9.69 Å². The number of alkyl halides is 3. The fourth-order valence-corrected chi connectivity index (χ4v) is 5.04. The highest BCUT2D eigenvalue weighted by Crippen LogP contribution is 2.39. The van der Waals surface area contributed by atoms with Crippen LogP contribution in [0.25, 0.3) is 28.7 Å². The van der Waals surface area contributed by atoms with Gasteiger partial charge in [-0.05, 0) is 31.0 Å². The van der Waals surface area contributed by atoms with Crippen molar-refractivity contribution in [1.29, 1.82) is 0 Å². The third kappa shape index (κ3) is 5.82. The third-order valence-electron chi connectivity index (χ3n) is 6.52. The number of β-amino-alcohol motifs (C(OH)–C–C–N with tert-alkyl or cyclic N) is 1. The van der Waals surface area contributed by atoms with Gasteiger partial charge in [0.25, 0.3) is 5.89 Å². The number of aliphatic hydroxyl groups excluding tert-OH is 1. The third-order valence-corrected chi connectivity index (χ3v) is 7.01. The molecule has 1 unspecified atom stereocenters. The van der Waals surface area contributed by atoms with Gasteiger partial charge in [0.15, 0.2) is 11.5 Å². The van der Waals surface area contributed by atoms with Gasteiger partial charge in [0.2, 0.25) is 5.82 Å². The van der Waals surface area contributed by atoms with E-state index in [9.17, 15) is 28.2 Å². The van der Waals surface area contributed by atoms with E-state index in [1.807, 2.05) is 4.90 Å². The summed E-state index contributed by atoms with van der Waals surface area (Å²) >= 11 is 11.9. The molecule has 0 bridgehead atoms. The number of carbonyl (C=O) groups is 1. The van der Waals surface area contributed by atoms with E-state index in [1.54, 1.807) is 24.3 Å². The predicted molar refractivity (Wildman–Crippen MR) is 137 cm³/mol. The molecule has 1 aliphatic rings. The predicted octanol–water partition coefficient (Wildman–Crippen LogP) is 5.14. The van der Waals surface area contributed by atoms with Crippen LogP contribution in [-0.4, -0.2) is 65.6 Å². The Morgan fingerprint density at radius 2 is 1.95 bits per heavy atom. The molecule has 2 N–H and O–H groups in total. The van der Waals surface area contributed by atoms with Crippen LogP contribution in [0.5, 0.6) is 0 Å². The molecule has 0 saturated carbocycles. The second kappa shape index (κ2) is 11.2. The summed E-state index contributed by atoms with van der Waals surface area (Å²) in [6.45, 7) is 1.33. The van der Waals surface area contributed by atoms with Crippen molar-refractivity contribution in [2.24, 2.45) is 5.92 Å². The standard InChI is InChI=1S/C25H21Cl2F3N6O4/c26-16-8-18(27)22(31-9-16)36-20(25(28,29)30)17(10-32-36)23-33-21(34-40-23)14-5-3-13(4-6-14)19(37)12-35-7-1-2-15(11-35)24(38)39/h3-6,8-10,15,19,37H,1-2,7,11-12H2,(H,38,39)/t15-,19?/m0/s1. The number of hydrogen-bond acceptors (Lipinski definition) is 8. The van der Waals surface area contributed by atoms with Crippen molar-refractivity contribution in [2.45, 2.75) is 25.1 Å². The second-order valence-electron chi connectivity index (χ2n) is 9.27. The fourth-order valence-electron chi connectivity index (χ4n) is 4.58. The SMILES string of the molecule is O=C(O)[C@H]1CCCN(CC(O)c2ccc(-c3noc(-c4cnn(-c5ncc(Cl)cc5Cl)c4C(F)(F)F)n3)cc2)C1. The molecular weight excluding hydrogens is 576 g/mol. The van der Waals surface area contributed by atoms with Crippen LogP contribution in [0.2, 0.25) is 10.0 Å². The largest absolute Gasteiger partial charge is 0.481 e. The van der Waals surface area contributed by atoms with E-state index in [2.05, 4.69) is 20.2 Å². The van der Waals surface area contributed by atoms with Crippen molar-refractivity contribution in [3.8, 4) is 28.7 Å². The smallest absolute Gasteiger partial charge is 0.434 e. The molecule has 2 atom stereocenters. The number of benzene rings is 1. The van der Waals surface area contributed by atoms with Crippen LogP contribution in [0.4, 0.5) is 13.2 Å². The molecule has 1 aromatic carbocycles. The maximum Gasteiger partial charge on any atom is 0.434 e. The molecule has 0 radical (unpaired) electrons. The van der Waals surface area contributed by atoms with Gasteiger partial charge in [-0.1, -0.05) is 52.6 Å². The zero-order valence-corrected chi connectivity index (χ0v) is 22.0. The molecule has 0 aliphatic carbocycles. The van der Waals surface area contributed by atoms with Gasteiger partial charge in [0.1, 0.15) is 0 Å². The Kier molecular flexibility index (Phi) is 7.82. The van der Waals surface area contributed by atoms with Gasteiger partial charge < -0.3 is 14.7 Å². The van der Waals surface area contributed by atoms with Crippen molar-refractivity contribution in [3.63, 3.8) is 0 Å². The zero-order chi connectivity index (χ0) is 28.6. The van der Waals surface area contributed by atoms with Gasteiger partial charge in [-0.25, -0.2) is 9.67 Å². The average Bonchev–Trinajstić information content (AvgIpc) is 3.57. The minimum Gasteiger partial charge on any atom is -0.481 e. The van der Waals surface area contributed by atoms with Gasteiger partial charge in [0.05, 0.1) is 33.8 Å². The lowest BCUT2D eigenvalue weighted by Gasteiger charge is -2.32. The highest BCUT2D eigenvalue weighted by molar-refractivity contribution is 6.35. The first-order chi connectivity index (χ1) is 19.0. The molecular formula is C25H21Cl2F3N6O4. The summed E-state index contributed by atoms with van der Waals surface area (Å²) < 4.78 is 48.0. The van der Waals surface area contributed by atoms with Crippen LogP contribution >= 0.6 is 23.2 Å². The van der Waals surface area contributed by atoms with Crippen LogP contribution in [0, 0.1) is 5.92 Å².